The molecule has 2 nitrogen and oxygen atoms in total. The Morgan fingerprint density at radius 3 is 2.65 bits per heavy atom. The fourth-order valence-corrected chi connectivity index (χ4v) is 3.02. The van der Waals surface area contributed by atoms with Crippen LogP contribution in [0.1, 0.15) is 51.4 Å². The molecule has 1 atom stereocenters. The van der Waals surface area contributed by atoms with Crippen LogP contribution in [0.25, 0.3) is 0 Å². The Morgan fingerprint density at radius 1 is 1.18 bits per heavy atom. The van der Waals surface area contributed by atoms with Gasteiger partial charge in [-0.25, -0.2) is 0 Å². The standard InChI is InChI=1S/C15H28N2/c1-17(2)15(11-8-12-15)13-16-14-9-6-4-3-5-7-10-14/h6,9,14,16H,3-5,7-8,10-13H2,1-2H3/b9-6+. The molecular weight excluding hydrogens is 208 g/mol. The van der Waals surface area contributed by atoms with Crippen molar-refractivity contribution in [3.05, 3.63) is 12.2 Å². The molecule has 17 heavy (non-hydrogen) atoms. The van der Waals surface area contributed by atoms with E-state index in [-0.39, 0.29) is 0 Å². The first-order chi connectivity index (χ1) is 8.23. The predicted molar refractivity (Wildman–Crippen MR) is 74.3 cm³/mol. The molecule has 0 bridgehead atoms. The van der Waals surface area contributed by atoms with Crippen LogP contribution in [-0.2, 0) is 0 Å². The molecule has 0 radical (unpaired) electrons. The highest BCUT2D eigenvalue weighted by molar-refractivity contribution is 5.01. The largest absolute Gasteiger partial charge is 0.309 e. The van der Waals surface area contributed by atoms with Crippen molar-refractivity contribution in [2.24, 2.45) is 0 Å². The molecule has 2 aliphatic rings. The Labute approximate surface area is 106 Å². The van der Waals surface area contributed by atoms with Gasteiger partial charge in [0.1, 0.15) is 0 Å². The molecule has 1 saturated carbocycles. The lowest BCUT2D eigenvalue weighted by molar-refractivity contribution is 0.0581. The summed E-state index contributed by atoms with van der Waals surface area (Å²) in [6.07, 6.45) is 15.7. The van der Waals surface area contributed by atoms with Crippen LogP contribution >= 0.6 is 0 Å². The van der Waals surface area contributed by atoms with E-state index in [1.165, 1.54) is 51.4 Å². The van der Waals surface area contributed by atoms with Crippen molar-refractivity contribution in [3.63, 3.8) is 0 Å². The van der Waals surface area contributed by atoms with E-state index in [4.69, 9.17) is 0 Å². The van der Waals surface area contributed by atoms with Gasteiger partial charge in [-0.1, -0.05) is 25.0 Å². The van der Waals surface area contributed by atoms with Crippen LogP contribution in [0.2, 0.25) is 0 Å². The Morgan fingerprint density at radius 2 is 2.00 bits per heavy atom. The van der Waals surface area contributed by atoms with Crippen molar-refractivity contribution in [2.75, 3.05) is 20.6 Å². The van der Waals surface area contributed by atoms with E-state index in [1.807, 2.05) is 0 Å². The summed E-state index contributed by atoms with van der Waals surface area (Å²) in [5.41, 5.74) is 0.455. The highest BCUT2D eigenvalue weighted by atomic mass is 15.2. The van der Waals surface area contributed by atoms with Gasteiger partial charge >= 0.3 is 0 Å². The summed E-state index contributed by atoms with van der Waals surface area (Å²) in [5.74, 6) is 0. The molecule has 0 aliphatic heterocycles. The number of allylic oxidation sites excluding steroid dienone is 1. The van der Waals surface area contributed by atoms with E-state index in [9.17, 15) is 0 Å². The second kappa shape index (κ2) is 6.01. The molecule has 98 valence electrons. The lowest BCUT2D eigenvalue weighted by Gasteiger charge is -2.48. The van der Waals surface area contributed by atoms with Gasteiger partial charge in [-0.2, -0.15) is 0 Å². The summed E-state index contributed by atoms with van der Waals surface area (Å²) in [6, 6.07) is 0.618. The Balaban J connectivity index is 1.81. The summed E-state index contributed by atoms with van der Waals surface area (Å²) < 4.78 is 0. The van der Waals surface area contributed by atoms with Gasteiger partial charge < -0.3 is 10.2 Å². The van der Waals surface area contributed by atoms with Crippen LogP contribution in [0, 0.1) is 0 Å². The van der Waals surface area contributed by atoms with Gasteiger partial charge in [-0.05, 0) is 52.6 Å². The van der Waals surface area contributed by atoms with Gasteiger partial charge in [0.05, 0.1) is 0 Å². The number of hydrogen-bond donors (Lipinski definition) is 1. The summed E-state index contributed by atoms with van der Waals surface area (Å²) >= 11 is 0. The van der Waals surface area contributed by atoms with E-state index in [2.05, 4.69) is 36.5 Å². The molecule has 0 aromatic carbocycles. The van der Waals surface area contributed by atoms with Crippen molar-refractivity contribution < 1.29 is 0 Å². The van der Waals surface area contributed by atoms with Crippen LogP contribution in [0.5, 0.6) is 0 Å². The van der Waals surface area contributed by atoms with Gasteiger partial charge in [-0.15, -0.1) is 0 Å². The topological polar surface area (TPSA) is 15.3 Å². The zero-order valence-corrected chi connectivity index (χ0v) is 11.5. The average Bonchev–Trinajstić information content (AvgIpc) is 2.18. The molecule has 0 aromatic heterocycles. The highest BCUT2D eigenvalue weighted by Gasteiger charge is 2.38. The second-order valence-corrected chi connectivity index (χ2v) is 6.03. The van der Waals surface area contributed by atoms with Crippen LogP contribution in [0.3, 0.4) is 0 Å². The van der Waals surface area contributed by atoms with Crippen molar-refractivity contribution in [1.82, 2.24) is 10.2 Å². The summed E-state index contributed by atoms with van der Waals surface area (Å²) in [5, 5.41) is 3.78. The molecule has 0 heterocycles. The maximum atomic E-state index is 3.78. The average molecular weight is 236 g/mol. The molecule has 1 unspecified atom stereocenters. The Bertz CT molecular complexity index is 254. The van der Waals surface area contributed by atoms with Crippen LogP contribution in [-0.4, -0.2) is 37.1 Å². The molecule has 2 aliphatic carbocycles. The molecule has 0 amide bonds. The van der Waals surface area contributed by atoms with E-state index < -0.39 is 0 Å². The van der Waals surface area contributed by atoms with E-state index in [0.29, 0.717) is 11.6 Å². The molecular formula is C15H28N2. The Hall–Kier alpha value is -0.340. The summed E-state index contributed by atoms with van der Waals surface area (Å²) in [4.78, 5) is 2.43. The van der Waals surface area contributed by atoms with E-state index in [0.717, 1.165) is 6.54 Å². The van der Waals surface area contributed by atoms with Crippen LogP contribution in [0.4, 0.5) is 0 Å². The minimum atomic E-state index is 0.455. The number of hydrogen-bond acceptors (Lipinski definition) is 2. The minimum Gasteiger partial charge on any atom is -0.309 e. The van der Waals surface area contributed by atoms with Crippen molar-refractivity contribution in [3.8, 4) is 0 Å². The smallest absolute Gasteiger partial charge is 0.0328 e. The van der Waals surface area contributed by atoms with Gasteiger partial charge in [0.2, 0.25) is 0 Å². The SMILES string of the molecule is CN(C)C1(CNC2/C=C/CCCCC2)CCC1. The number of nitrogens with zero attached hydrogens (tertiary/aromatic N) is 1. The minimum absolute atomic E-state index is 0.455. The van der Waals surface area contributed by atoms with Crippen molar-refractivity contribution in [2.45, 2.75) is 62.9 Å². The second-order valence-electron chi connectivity index (χ2n) is 6.03. The summed E-state index contributed by atoms with van der Waals surface area (Å²) in [7, 11) is 4.46. The number of nitrogens with one attached hydrogen (secondary N) is 1. The lowest BCUT2D eigenvalue weighted by Crippen LogP contribution is -2.57. The third-order valence-corrected chi connectivity index (χ3v) is 4.68. The molecule has 2 heteroatoms. The zero-order chi connectivity index (χ0) is 12.1. The molecule has 1 fully saturated rings. The number of likely N-dealkylation sites (N-methyl/N-ethyl adjacent to an activating group) is 1. The first-order valence-electron chi connectivity index (χ1n) is 7.30. The Kier molecular flexibility index (Phi) is 4.63. The maximum Gasteiger partial charge on any atom is 0.0328 e. The van der Waals surface area contributed by atoms with Gasteiger partial charge in [-0.3, -0.25) is 0 Å². The van der Waals surface area contributed by atoms with Gasteiger partial charge in [0.15, 0.2) is 0 Å². The fourth-order valence-electron chi connectivity index (χ4n) is 3.02. The lowest BCUT2D eigenvalue weighted by atomic mass is 9.75. The van der Waals surface area contributed by atoms with Crippen molar-refractivity contribution >= 4 is 0 Å². The van der Waals surface area contributed by atoms with Gasteiger partial charge in [0, 0.05) is 18.1 Å². The first kappa shape index (κ1) is 13.1. The fraction of sp³-hybridized carbons (Fsp3) is 0.867. The molecule has 0 spiro atoms. The van der Waals surface area contributed by atoms with Crippen LogP contribution in [0.15, 0.2) is 12.2 Å². The monoisotopic (exact) mass is 236 g/mol. The van der Waals surface area contributed by atoms with Crippen molar-refractivity contribution in [1.29, 1.82) is 0 Å². The number of rotatable bonds is 4. The molecule has 0 aromatic rings. The van der Waals surface area contributed by atoms with E-state index in [1.54, 1.807) is 0 Å². The predicted octanol–water partition coefficient (Wildman–Crippen LogP) is 2.95. The third-order valence-electron chi connectivity index (χ3n) is 4.68. The van der Waals surface area contributed by atoms with E-state index >= 15 is 0 Å². The third kappa shape index (κ3) is 3.32. The summed E-state index contributed by atoms with van der Waals surface area (Å²) in [6.45, 7) is 1.16. The normalized spacial score (nSPS) is 30.4. The molecule has 0 saturated heterocycles. The molecule has 1 N–H and O–H groups in total. The quantitative estimate of drug-likeness (QED) is 0.755. The maximum absolute atomic E-state index is 3.78. The molecule has 2 rings (SSSR count). The van der Waals surface area contributed by atoms with Gasteiger partial charge in [0.25, 0.3) is 0 Å². The first-order valence-corrected chi connectivity index (χ1v) is 7.30. The van der Waals surface area contributed by atoms with Crippen LogP contribution < -0.4 is 5.32 Å². The zero-order valence-electron chi connectivity index (χ0n) is 11.5. The highest BCUT2D eigenvalue weighted by Crippen LogP contribution is 2.35.